The fourth-order valence-corrected chi connectivity index (χ4v) is 2.68. The van der Waals surface area contributed by atoms with E-state index in [0.29, 0.717) is 6.54 Å². The first-order valence-corrected chi connectivity index (χ1v) is 6.01. The van der Waals surface area contributed by atoms with Gasteiger partial charge in [0.15, 0.2) is 0 Å². The average Bonchev–Trinajstić information content (AvgIpc) is 2.24. The van der Waals surface area contributed by atoms with Crippen LogP contribution in [-0.2, 0) is 9.59 Å². The predicted octanol–water partition coefficient (Wildman–Crippen LogP) is 0.696. The van der Waals surface area contributed by atoms with E-state index in [-0.39, 0.29) is 11.3 Å². The topological polar surface area (TPSA) is 69.6 Å². The van der Waals surface area contributed by atoms with Crippen LogP contribution in [0.15, 0.2) is 0 Å². The molecule has 5 heteroatoms. The van der Waals surface area contributed by atoms with E-state index in [9.17, 15) is 14.7 Å². The molecule has 2 atom stereocenters. The summed E-state index contributed by atoms with van der Waals surface area (Å²) >= 11 is 0. The lowest BCUT2D eigenvalue weighted by Crippen LogP contribution is -2.59. The van der Waals surface area contributed by atoms with Gasteiger partial charge in [-0.25, -0.2) is 0 Å². The van der Waals surface area contributed by atoms with Gasteiger partial charge < -0.3 is 10.4 Å². The quantitative estimate of drug-likeness (QED) is 0.764. The molecule has 1 heterocycles. The predicted molar refractivity (Wildman–Crippen MR) is 64.7 cm³/mol. The third-order valence-electron chi connectivity index (χ3n) is 3.67. The normalized spacial score (nSPS) is 26.2. The molecule has 1 aliphatic heterocycles. The number of nitrogens with zero attached hydrogens (tertiary/aromatic N) is 1. The molecule has 0 aromatic carbocycles. The van der Waals surface area contributed by atoms with Crippen LogP contribution in [0, 0.1) is 5.41 Å². The number of likely N-dealkylation sites (N-methyl/N-ethyl adjacent to an activating group) is 1. The van der Waals surface area contributed by atoms with Crippen molar-refractivity contribution in [2.45, 2.75) is 45.7 Å². The zero-order valence-corrected chi connectivity index (χ0v) is 11.0. The monoisotopic (exact) mass is 242 g/mol. The number of piperidine rings is 1. The van der Waals surface area contributed by atoms with Crippen LogP contribution in [0.3, 0.4) is 0 Å². The Morgan fingerprint density at radius 1 is 1.47 bits per heavy atom. The van der Waals surface area contributed by atoms with Gasteiger partial charge in [0, 0.05) is 7.05 Å². The van der Waals surface area contributed by atoms with Gasteiger partial charge >= 0.3 is 5.97 Å². The van der Waals surface area contributed by atoms with Crippen LogP contribution in [0.2, 0.25) is 0 Å². The third kappa shape index (κ3) is 2.77. The highest BCUT2D eigenvalue weighted by Gasteiger charge is 2.45. The summed E-state index contributed by atoms with van der Waals surface area (Å²) in [6, 6.07) is -0.996. The molecule has 1 fully saturated rings. The number of carboxylic acid groups (broad SMARTS) is 1. The van der Waals surface area contributed by atoms with Crippen molar-refractivity contribution in [1.82, 2.24) is 10.2 Å². The molecule has 0 aromatic heterocycles. The second-order valence-corrected chi connectivity index (χ2v) is 5.36. The van der Waals surface area contributed by atoms with E-state index in [1.54, 1.807) is 18.9 Å². The minimum absolute atomic E-state index is 0.131. The minimum atomic E-state index is -0.842. The van der Waals surface area contributed by atoms with E-state index in [0.717, 1.165) is 12.8 Å². The lowest BCUT2D eigenvalue weighted by molar-refractivity contribution is -0.154. The number of carbonyl (C=O) groups excluding carboxylic acids is 1. The van der Waals surface area contributed by atoms with E-state index in [1.165, 1.54) is 0 Å². The van der Waals surface area contributed by atoms with Crippen LogP contribution in [-0.4, -0.2) is 47.6 Å². The largest absolute Gasteiger partial charge is 0.480 e. The number of rotatable bonds is 3. The summed E-state index contributed by atoms with van der Waals surface area (Å²) in [6.07, 6.45) is 1.80. The number of carboxylic acids is 1. The summed E-state index contributed by atoms with van der Waals surface area (Å²) in [5, 5.41) is 11.9. The Kier molecular flexibility index (Phi) is 4.14. The second kappa shape index (κ2) is 5.04. The molecule has 1 rings (SSSR count). The zero-order valence-electron chi connectivity index (χ0n) is 11.0. The number of hydrogen-bond acceptors (Lipinski definition) is 3. The Balaban J connectivity index is 2.96. The molecule has 1 aliphatic rings. The van der Waals surface area contributed by atoms with Crippen molar-refractivity contribution in [1.29, 1.82) is 0 Å². The Morgan fingerprint density at radius 3 is 2.53 bits per heavy atom. The lowest BCUT2D eigenvalue weighted by atomic mass is 9.76. The van der Waals surface area contributed by atoms with Gasteiger partial charge in [-0.05, 0) is 31.7 Å². The molecule has 0 aliphatic carbocycles. The maximum absolute atomic E-state index is 11.6. The van der Waals surface area contributed by atoms with E-state index in [2.05, 4.69) is 5.32 Å². The van der Waals surface area contributed by atoms with Crippen molar-refractivity contribution in [3.63, 3.8) is 0 Å². The molecule has 0 saturated carbocycles. The SMILES string of the molecule is CNC(=O)C(C)N1CCCC(C)(C)C1C(=O)O. The van der Waals surface area contributed by atoms with Crippen molar-refractivity contribution in [3.05, 3.63) is 0 Å². The number of nitrogens with one attached hydrogen (secondary N) is 1. The van der Waals surface area contributed by atoms with Gasteiger partial charge in [0.2, 0.25) is 5.91 Å². The second-order valence-electron chi connectivity index (χ2n) is 5.36. The third-order valence-corrected chi connectivity index (χ3v) is 3.67. The van der Waals surface area contributed by atoms with Crippen molar-refractivity contribution in [2.24, 2.45) is 5.41 Å². The first-order chi connectivity index (χ1) is 7.81. The average molecular weight is 242 g/mol. The van der Waals surface area contributed by atoms with Gasteiger partial charge in [-0.2, -0.15) is 0 Å². The van der Waals surface area contributed by atoms with Gasteiger partial charge in [0.25, 0.3) is 0 Å². The Hall–Kier alpha value is -1.10. The van der Waals surface area contributed by atoms with Gasteiger partial charge in [-0.3, -0.25) is 14.5 Å². The molecule has 2 N–H and O–H groups in total. The smallest absolute Gasteiger partial charge is 0.321 e. The summed E-state index contributed by atoms with van der Waals surface area (Å²) < 4.78 is 0. The number of likely N-dealkylation sites (tertiary alicyclic amines) is 1. The molecule has 1 amide bonds. The van der Waals surface area contributed by atoms with Crippen molar-refractivity contribution in [3.8, 4) is 0 Å². The molecule has 0 aromatic rings. The molecule has 1 saturated heterocycles. The molecule has 17 heavy (non-hydrogen) atoms. The summed E-state index contributed by atoms with van der Waals surface area (Å²) in [4.78, 5) is 24.9. The van der Waals surface area contributed by atoms with Crippen LogP contribution in [0.5, 0.6) is 0 Å². The van der Waals surface area contributed by atoms with Crippen LogP contribution in [0.4, 0.5) is 0 Å². The fraction of sp³-hybridized carbons (Fsp3) is 0.833. The van der Waals surface area contributed by atoms with Crippen LogP contribution >= 0.6 is 0 Å². The standard InChI is InChI=1S/C12H22N2O3/c1-8(10(15)13-4)14-7-5-6-12(2,3)9(14)11(16)17/h8-9H,5-7H2,1-4H3,(H,13,15)(H,16,17). The van der Waals surface area contributed by atoms with Gasteiger partial charge in [0.05, 0.1) is 6.04 Å². The number of aliphatic carboxylic acids is 1. The summed E-state index contributed by atoms with van der Waals surface area (Å²) in [7, 11) is 1.57. The van der Waals surface area contributed by atoms with E-state index >= 15 is 0 Å². The van der Waals surface area contributed by atoms with Crippen molar-refractivity contribution in [2.75, 3.05) is 13.6 Å². The Labute approximate surface area is 102 Å². The van der Waals surface area contributed by atoms with Gasteiger partial charge in [-0.1, -0.05) is 13.8 Å². The molecule has 2 unspecified atom stereocenters. The molecule has 0 spiro atoms. The first kappa shape index (κ1) is 14.0. The first-order valence-electron chi connectivity index (χ1n) is 6.01. The van der Waals surface area contributed by atoms with E-state index in [1.807, 2.05) is 13.8 Å². The Morgan fingerprint density at radius 2 is 2.06 bits per heavy atom. The number of hydrogen-bond donors (Lipinski definition) is 2. The van der Waals surface area contributed by atoms with Crippen molar-refractivity contribution < 1.29 is 14.7 Å². The molecule has 0 bridgehead atoms. The molecule has 5 nitrogen and oxygen atoms in total. The van der Waals surface area contributed by atoms with E-state index < -0.39 is 18.1 Å². The van der Waals surface area contributed by atoms with Gasteiger partial charge in [0.1, 0.15) is 6.04 Å². The Bertz CT molecular complexity index is 315. The maximum Gasteiger partial charge on any atom is 0.321 e. The van der Waals surface area contributed by atoms with Crippen molar-refractivity contribution >= 4 is 11.9 Å². The zero-order chi connectivity index (χ0) is 13.2. The van der Waals surface area contributed by atoms with E-state index in [4.69, 9.17) is 0 Å². The molecule has 0 radical (unpaired) electrons. The number of amides is 1. The molecular formula is C12H22N2O3. The van der Waals surface area contributed by atoms with Crippen LogP contribution < -0.4 is 5.32 Å². The summed E-state index contributed by atoms with van der Waals surface area (Å²) in [6.45, 7) is 6.33. The summed E-state index contributed by atoms with van der Waals surface area (Å²) in [5.41, 5.74) is -0.299. The highest BCUT2D eigenvalue weighted by Crippen LogP contribution is 2.36. The minimum Gasteiger partial charge on any atom is -0.480 e. The van der Waals surface area contributed by atoms with Crippen LogP contribution in [0.1, 0.15) is 33.6 Å². The van der Waals surface area contributed by atoms with Crippen LogP contribution in [0.25, 0.3) is 0 Å². The summed E-state index contributed by atoms with van der Waals surface area (Å²) in [5.74, 6) is -0.973. The highest BCUT2D eigenvalue weighted by atomic mass is 16.4. The number of carbonyl (C=O) groups is 2. The maximum atomic E-state index is 11.6. The molecular weight excluding hydrogens is 220 g/mol. The lowest BCUT2D eigenvalue weighted by Gasteiger charge is -2.46. The molecule has 98 valence electrons. The highest BCUT2D eigenvalue weighted by molar-refractivity contribution is 5.82. The van der Waals surface area contributed by atoms with Gasteiger partial charge in [-0.15, -0.1) is 0 Å². The fourth-order valence-electron chi connectivity index (χ4n) is 2.68.